The fourth-order valence-corrected chi connectivity index (χ4v) is 2.04. The molecule has 4 nitrogen and oxygen atoms in total. The molecular weight excluding hydrogens is 236 g/mol. The normalized spacial score (nSPS) is 10.6. The molecule has 0 aliphatic heterocycles. The highest BCUT2D eigenvalue weighted by molar-refractivity contribution is 5.61. The van der Waals surface area contributed by atoms with E-state index in [1.807, 2.05) is 54.1 Å². The molecule has 0 bridgehead atoms. The van der Waals surface area contributed by atoms with Gasteiger partial charge in [0, 0.05) is 35.5 Å². The molecular formula is C15H14N4. The third kappa shape index (κ3) is 2.20. The molecule has 0 fully saturated rings. The fourth-order valence-electron chi connectivity index (χ4n) is 2.04. The van der Waals surface area contributed by atoms with Gasteiger partial charge in [0.15, 0.2) is 0 Å². The van der Waals surface area contributed by atoms with Gasteiger partial charge in [-0.1, -0.05) is 0 Å². The number of imidazole rings is 1. The van der Waals surface area contributed by atoms with E-state index in [9.17, 15) is 0 Å². The molecule has 0 saturated heterocycles. The average Bonchev–Trinajstić information content (AvgIpc) is 2.89. The van der Waals surface area contributed by atoms with Crippen molar-refractivity contribution in [2.75, 3.05) is 5.73 Å². The maximum atomic E-state index is 5.71. The second-order valence-corrected chi connectivity index (χ2v) is 4.40. The summed E-state index contributed by atoms with van der Waals surface area (Å²) in [6, 6.07) is 11.7. The van der Waals surface area contributed by atoms with Crippen LogP contribution < -0.4 is 5.73 Å². The molecule has 0 aliphatic rings. The molecule has 0 atom stereocenters. The fraction of sp³-hybridized carbons (Fsp3) is 0.0667. The molecule has 2 heterocycles. The highest BCUT2D eigenvalue weighted by Crippen LogP contribution is 2.22. The quantitative estimate of drug-likeness (QED) is 0.711. The zero-order chi connectivity index (χ0) is 13.2. The van der Waals surface area contributed by atoms with E-state index in [1.54, 1.807) is 12.4 Å². The SMILES string of the molecule is Cc1cc(-n2ccnc2-c2ccc(N)cc2)ccn1. The van der Waals surface area contributed by atoms with Crippen LogP contribution in [-0.4, -0.2) is 14.5 Å². The first-order valence-corrected chi connectivity index (χ1v) is 6.06. The van der Waals surface area contributed by atoms with Crippen molar-refractivity contribution in [1.82, 2.24) is 14.5 Å². The number of hydrogen-bond donors (Lipinski definition) is 1. The highest BCUT2D eigenvalue weighted by Gasteiger charge is 2.07. The third-order valence-corrected chi connectivity index (χ3v) is 2.97. The van der Waals surface area contributed by atoms with E-state index in [0.29, 0.717) is 0 Å². The Kier molecular flexibility index (Phi) is 2.76. The van der Waals surface area contributed by atoms with E-state index < -0.39 is 0 Å². The van der Waals surface area contributed by atoms with Crippen molar-refractivity contribution in [2.45, 2.75) is 6.92 Å². The maximum Gasteiger partial charge on any atom is 0.144 e. The minimum atomic E-state index is 0.751. The molecule has 0 unspecified atom stereocenters. The van der Waals surface area contributed by atoms with Crippen LogP contribution in [-0.2, 0) is 0 Å². The lowest BCUT2D eigenvalue weighted by Gasteiger charge is -2.08. The number of hydrogen-bond acceptors (Lipinski definition) is 3. The molecule has 4 heteroatoms. The number of aryl methyl sites for hydroxylation is 1. The Balaban J connectivity index is 2.10. The number of nitrogens with two attached hydrogens (primary N) is 1. The Labute approximate surface area is 111 Å². The lowest BCUT2D eigenvalue weighted by Crippen LogP contribution is -1.97. The molecule has 0 radical (unpaired) electrons. The third-order valence-electron chi connectivity index (χ3n) is 2.97. The second-order valence-electron chi connectivity index (χ2n) is 4.40. The second kappa shape index (κ2) is 4.57. The summed E-state index contributed by atoms with van der Waals surface area (Å²) in [7, 11) is 0. The Bertz CT molecular complexity index is 698. The molecule has 3 rings (SSSR count). The number of nitrogen functional groups attached to an aromatic ring is 1. The largest absolute Gasteiger partial charge is 0.399 e. The van der Waals surface area contributed by atoms with Crippen molar-refractivity contribution >= 4 is 5.69 Å². The van der Waals surface area contributed by atoms with Crippen LogP contribution in [0, 0.1) is 6.92 Å². The van der Waals surface area contributed by atoms with Crippen molar-refractivity contribution in [3.63, 3.8) is 0 Å². The van der Waals surface area contributed by atoms with Gasteiger partial charge in [0.2, 0.25) is 0 Å². The Morgan fingerprint density at radius 3 is 2.53 bits per heavy atom. The van der Waals surface area contributed by atoms with E-state index in [2.05, 4.69) is 9.97 Å². The topological polar surface area (TPSA) is 56.7 Å². The van der Waals surface area contributed by atoms with E-state index in [4.69, 9.17) is 5.73 Å². The Morgan fingerprint density at radius 2 is 1.79 bits per heavy atom. The van der Waals surface area contributed by atoms with Crippen LogP contribution in [0.2, 0.25) is 0 Å². The summed E-state index contributed by atoms with van der Waals surface area (Å²) >= 11 is 0. The number of nitrogens with zero attached hydrogens (tertiary/aromatic N) is 3. The minimum Gasteiger partial charge on any atom is -0.399 e. The highest BCUT2D eigenvalue weighted by atomic mass is 15.1. The van der Waals surface area contributed by atoms with Gasteiger partial charge < -0.3 is 5.73 Å². The average molecular weight is 250 g/mol. The summed E-state index contributed by atoms with van der Waals surface area (Å²) in [5, 5.41) is 0. The van der Waals surface area contributed by atoms with Crippen LogP contribution in [0.5, 0.6) is 0 Å². The summed E-state index contributed by atoms with van der Waals surface area (Å²) in [5.74, 6) is 0.894. The van der Waals surface area contributed by atoms with Gasteiger partial charge in [-0.2, -0.15) is 0 Å². The lowest BCUT2D eigenvalue weighted by molar-refractivity contribution is 1.04. The first kappa shape index (κ1) is 11.5. The molecule has 0 saturated carbocycles. The predicted molar refractivity (Wildman–Crippen MR) is 75.9 cm³/mol. The Morgan fingerprint density at radius 1 is 1.00 bits per heavy atom. The van der Waals surface area contributed by atoms with E-state index in [1.165, 1.54) is 0 Å². The van der Waals surface area contributed by atoms with Crippen LogP contribution in [0.25, 0.3) is 17.1 Å². The summed E-state index contributed by atoms with van der Waals surface area (Å²) in [4.78, 5) is 8.64. The van der Waals surface area contributed by atoms with Crippen LogP contribution in [0.4, 0.5) is 5.69 Å². The summed E-state index contributed by atoms with van der Waals surface area (Å²) in [6.07, 6.45) is 5.54. The summed E-state index contributed by atoms with van der Waals surface area (Å²) in [6.45, 7) is 1.98. The minimum absolute atomic E-state index is 0.751. The number of anilines is 1. The zero-order valence-electron chi connectivity index (χ0n) is 10.6. The van der Waals surface area contributed by atoms with Gasteiger partial charge >= 0.3 is 0 Å². The molecule has 2 N–H and O–H groups in total. The lowest BCUT2D eigenvalue weighted by atomic mass is 10.2. The maximum absolute atomic E-state index is 5.71. The van der Waals surface area contributed by atoms with E-state index in [-0.39, 0.29) is 0 Å². The van der Waals surface area contributed by atoms with Gasteiger partial charge in [0.25, 0.3) is 0 Å². The summed E-state index contributed by atoms with van der Waals surface area (Å²) < 4.78 is 2.04. The first-order valence-electron chi connectivity index (χ1n) is 6.06. The van der Waals surface area contributed by atoms with Crippen LogP contribution >= 0.6 is 0 Å². The van der Waals surface area contributed by atoms with Crippen molar-refractivity contribution in [3.8, 4) is 17.1 Å². The predicted octanol–water partition coefficient (Wildman–Crippen LogP) is 2.82. The number of aromatic nitrogens is 3. The smallest absolute Gasteiger partial charge is 0.144 e. The Hall–Kier alpha value is -2.62. The van der Waals surface area contributed by atoms with Gasteiger partial charge in [-0.05, 0) is 43.3 Å². The number of rotatable bonds is 2. The number of benzene rings is 1. The van der Waals surface area contributed by atoms with Crippen molar-refractivity contribution in [1.29, 1.82) is 0 Å². The van der Waals surface area contributed by atoms with Gasteiger partial charge in [0.05, 0.1) is 5.69 Å². The van der Waals surface area contributed by atoms with Crippen molar-refractivity contribution in [3.05, 3.63) is 60.7 Å². The van der Waals surface area contributed by atoms with E-state index in [0.717, 1.165) is 28.5 Å². The van der Waals surface area contributed by atoms with Crippen LogP contribution in [0.1, 0.15) is 5.69 Å². The van der Waals surface area contributed by atoms with Crippen molar-refractivity contribution in [2.24, 2.45) is 0 Å². The van der Waals surface area contributed by atoms with Gasteiger partial charge in [-0.3, -0.25) is 9.55 Å². The van der Waals surface area contributed by atoms with Gasteiger partial charge in [0.1, 0.15) is 5.82 Å². The molecule has 19 heavy (non-hydrogen) atoms. The molecule has 3 aromatic rings. The molecule has 1 aromatic carbocycles. The van der Waals surface area contributed by atoms with Crippen LogP contribution in [0.3, 0.4) is 0 Å². The van der Waals surface area contributed by atoms with E-state index >= 15 is 0 Å². The molecule has 0 amide bonds. The standard InChI is InChI=1S/C15H14N4/c1-11-10-14(6-7-17-11)19-9-8-18-15(19)12-2-4-13(16)5-3-12/h2-10H,16H2,1H3. The van der Waals surface area contributed by atoms with Gasteiger partial charge in [-0.25, -0.2) is 4.98 Å². The van der Waals surface area contributed by atoms with Crippen molar-refractivity contribution < 1.29 is 0 Å². The molecule has 94 valence electrons. The first-order chi connectivity index (χ1) is 9.24. The monoisotopic (exact) mass is 250 g/mol. The zero-order valence-corrected chi connectivity index (χ0v) is 10.6. The molecule has 2 aromatic heterocycles. The molecule has 0 aliphatic carbocycles. The molecule has 0 spiro atoms. The summed E-state index contributed by atoms with van der Waals surface area (Å²) in [5.41, 5.74) is 9.53. The van der Waals surface area contributed by atoms with Gasteiger partial charge in [-0.15, -0.1) is 0 Å². The van der Waals surface area contributed by atoms with Crippen LogP contribution in [0.15, 0.2) is 55.0 Å². The number of pyridine rings is 1.